The lowest BCUT2D eigenvalue weighted by molar-refractivity contribution is 0.471. The smallest absolute Gasteiger partial charge is 0.120 e. The number of nitrogens with zero attached hydrogens (tertiary/aromatic N) is 1. The molecule has 3 N–H and O–H groups in total. The van der Waals surface area contributed by atoms with Crippen LogP contribution in [-0.4, -0.2) is 15.3 Å². The summed E-state index contributed by atoms with van der Waals surface area (Å²) in [6.45, 7) is 2.52. The van der Waals surface area contributed by atoms with E-state index in [1.165, 1.54) is 0 Å². The first-order chi connectivity index (χ1) is 10.2. The van der Waals surface area contributed by atoms with Crippen molar-refractivity contribution in [3.05, 3.63) is 65.9 Å². The van der Waals surface area contributed by atoms with Crippen LogP contribution in [-0.2, 0) is 6.54 Å². The highest BCUT2D eigenvalue weighted by Gasteiger charge is 2.07. The fourth-order valence-corrected chi connectivity index (χ4v) is 2.22. The van der Waals surface area contributed by atoms with E-state index in [4.69, 9.17) is 0 Å². The second-order valence-corrected chi connectivity index (χ2v) is 4.99. The summed E-state index contributed by atoms with van der Waals surface area (Å²) in [5.41, 5.74) is 4.96. The minimum Gasteiger partial charge on any atom is -0.508 e. The molecule has 1 heterocycles. The predicted octanol–water partition coefficient (Wildman–Crippen LogP) is 3.70. The fourth-order valence-electron chi connectivity index (χ4n) is 2.22. The average molecular weight is 279 g/mol. The van der Waals surface area contributed by atoms with Gasteiger partial charge in [-0.3, -0.25) is 5.10 Å². The average Bonchev–Trinajstić information content (AvgIpc) is 2.98. The largest absolute Gasteiger partial charge is 0.508 e. The van der Waals surface area contributed by atoms with Crippen LogP contribution in [0.4, 0.5) is 5.69 Å². The highest BCUT2D eigenvalue weighted by atomic mass is 16.3. The molecule has 3 aromatic rings. The number of hydrogen-bond acceptors (Lipinski definition) is 3. The number of aromatic hydroxyl groups is 1. The molecule has 4 heteroatoms. The third-order valence-corrected chi connectivity index (χ3v) is 3.47. The third kappa shape index (κ3) is 2.89. The topological polar surface area (TPSA) is 60.9 Å². The van der Waals surface area contributed by atoms with Crippen molar-refractivity contribution in [2.24, 2.45) is 0 Å². The van der Waals surface area contributed by atoms with E-state index in [2.05, 4.69) is 27.6 Å². The zero-order chi connectivity index (χ0) is 14.7. The Morgan fingerprint density at radius 1 is 1.14 bits per heavy atom. The van der Waals surface area contributed by atoms with Gasteiger partial charge >= 0.3 is 0 Å². The molecule has 106 valence electrons. The number of aromatic amines is 1. The number of aromatic nitrogens is 2. The lowest BCUT2D eigenvalue weighted by Crippen LogP contribution is -2.00. The number of hydrogen-bond donors (Lipinski definition) is 3. The number of anilines is 1. The molecule has 2 aromatic carbocycles. The van der Waals surface area contributed by atoms with Crippen molar-refractivity contribution in [2.75, 3.05) is 5.32 Å². The van der Waals surface area contributed by atoms with Gasteiger partial charge in [-0.05, 0) is 24.1 Å². The van der Waals surface area contributed by atoms with Gasteiger partial charge in [0.25, 0.3) is 0 Å². The molecule has 0 saturated carbocycles. The molecule has 0 spiro atoms. The first kappa shape index (κ1) is 13.2. The molecule has 4 nitrogen and oxygen atoms in total. The van der Waals surface area contributed by atoms with E-state index in [1.807, 2.05) is 43.5 Å². The number of benzene rings is 2. The first-order valence-electron chi connectivity index (χ1n) is 6.85. The van der Waals surface area contributed by atoms with Gasteiger partial charge in [0, 0.05) is 23.9 Å². The van der Waals surface area contributed by atoms with E-state index in [1.54, 1.807) is 6.07 Å². The van der Waals surface area contributed by atoms with Crippen molar-refractivity contribution in [1.29, 1.82) is 0 Å². The summed E-state index contributed by atoms with van der Waals surface area (Å²) in [5.74, 6) is 0.301. The molecule has 0 fully saturated rings. The molecule has 1 aromatic heterocycles. The highest BCUT2D eigenvalue weighted by Crippen LogP contribution is 2.24. The molecular weight excluding hydrogens is 262 g/mol. The van der Waals surface area contributed by atoms with E-state index < -0.39 is 0 Å². The van der Waals surface area contributed by atoms with Gasteiger partial charge in [-0.15, -0.1) is 0 Å². The monoisotopic (exact) mass is 279 g/mol. The predicted molar refractivity (Wildman–Crippen MR) is 84.2 cm³/mol. The molecule has 0 aliphatic carbocycles. The van der Waals surface area contributed by atoms with Crippen LogP contribution in [0.1, 0.15) is 11.1 Å². The molecule has 0 saturated heterocycles. The Kier molecular flexibility index (Phi) is 3.60. The van der Waals surface area contributed by atoms with Crippen LogP contribution in [0.5, 0.6) is 5.75 Å². The van der Waals surface area contributed by atoms with Crippen LogP contribution in [0.25, 0.3) is 11.3 Å². The van der Waals surface area contributed by atoms with Crippen LogP contribution in [0.15, 0.2) is 54.7 Å². The number of H-pyrrole nitrogens is 1. The van der Waals surface area contributed by atoms with Crippen LogP contribution in [0.3, 0.4) is 0 Å². The Morgan fingerprint density at radius 3 is 2.71 bits per heavy atom. The number of nitrogens with one attached hydrogen (secondary N) is 2. The molecule has 0 atom stereocenters. The van der Waals surface area contributed by atoms with E-state index in [-0.39, 0.29) is 0 Å². The maximum atomic E-state index is 9.73. The molecule has 0 bridgehead atoms. The van der Waals surface area contributed by atoms with Crippen molar-refractivity contribution in [2.45, 2.75) is 13.5 Å². The Labute approximate surface area is 123 Å². The zero-order valence-electron chi connectivity index (χ0n) is 11.8. The Bertz CT molecular complexity index is 735. The fraction of sp³-hybridized carbons (Fsp3) is 0.118. The van der Waals surface area contributed by atoms with Gasteiger partial charge in [0.15, 0.2) is 0 Å². The summed E-state index contributed by atoms with van der Waals surface area (Å²) in [5, 5.41) is 20.2. The van der Waals surface area contributed by atoms with E-state index in [0.29, 0.717) is 12.3 Å². The summed E-state index contributed by atoms with van der Waals surface area (Å²) in [6.07, 6.45) is 1.82. The molecule has 0 aliphatic rings. The van der Waals surface area contributed by atoms with Crippen LogP contribution in [0, 0.1) is 6.92 Å². The van der Waals surface area contributed by atoms with Crippen molar-refractivity contribution >= 4 is 5.69 Å². The van der Waals surface area contributed by atoms with Crippen LogP contribution >= 0.6 is 0 Å². The standard InChI is InChI=1S/C17H17N3O/c1-12-7-8-15(9-16(12)21)18-10-14-11-19-20-17(14)13-5-3-2-4-6-13/h2-9,11,18,21H,10H2,1H3,(H,19,20). The number of aryl methyl sites for hydroxylation is 1. The Morgan fingerprint density at radius 2 is 1.95 bits per heavy atom. The van der Waals surface area contributed by atoms with Crippen molar-refractivity contribution < 1.29 is 5.11 Å². The quantitative estimate of drug-likeness (QED) is 0.682. The van der Waals surface area contributed by atoms with E-state index >= 15 is 0 Å². The van der Waals surface area contributed by atoms with Gasteiger partial charge < -0.3 is 10.4 Å². The van der Waals surface area contributed by atoms with Gasteiger partial charge in [0.2, 0.25) is 0 Å². The molecule has 0 radical (unpaired) electrons. The van der Waals surface area contributed by atoms with E-state index in [0.717, 1.165) is 28.1 Å². The molecule has 0 unspecified atom stereocenters. The van der Waals surface area contributed by atoms with Crippen LogP contribution < -0.4 is 5.32 Å². The number of phenols is 1. The summed E-state index contributed by atoms with van der Waals surface area (Å²) in [6, 6.07) is 15.7. The summed E-state index contributed by atoms with van der Waals surface area (Å²) in [4.78, 5) is 0. The Hall–Kier alpha value is -2.75. The molecule has 0 aliphatic heterocycles. The van der Waals surface area contributed by atoms with Crippen LogP contribution in [0.2, 0.25) is 0 Å². The van der Waals surface area contributed by atoms with Crippen molar-refractivity contribution in [3.8, 4) is 17.0 Å². The van der Waals surface area contributed by atoms with Gasteiger partial charge in [-0.1, -0.05) is 36.4 Å². The Balaban J connectivity index is 1.77. The van der Waals surface area contributed by atoms with Gasteiger partial charge in [0.05, 0.1) is 11.9 Å². The number of phenolic OH excluding ortho intramolecular Hbond substituents is 1. The third-order valence-electron chi connectivity index (χ3n) is 3.47. The lowest BCUT2D eigenvalue weighted by Gasteiger charge is -2.08. The minimum atomic E-state index is 0.301. The highest BCUT2D eigenvalue weighted by molar-refractivity contribution is 5.63. The van der Waals surface area contributed by atoms with E-state index in [9.17, 15) is 5.11 Å². The van der Waals surface area contributed by atoms with Gasteiger partial charge in [0.1, 0.15) is 5.75 Å². The van der Waals surface area contributed by atoms with Crippen molar-refractivity contribution in [1.82, 2.24) is 10.2 Å². The molecule has 21 heavy (non-hydrogen) atoms. The molecule has 0 amide bonds. The molecule has 3 rings (SSSR count). The summed E-state index contributed by atoms with van der Waals surface area (Å²) >= 11 is 0. The normalized spacial score (nSPS) is 10.5. The second-order valence-electron chi connectivity index (χ2n) is 4.99. The summed E-state index contributed by atoms with van der Waals surface area (Å²) in [7, 11) is 0. The maximum Gasteiger partial charge on any atom is 0.120 e. The number of rotatable bonds is 4. The van der Waals surface area contributed by atoms with Gasteiger partial charge in [-0.25, -0.2) is 0 Å². The van der Waals surface area contributed by atoms with Crippen molar-refractivity contribution in [3.63, 3.8) is 0 Å². The zero-order valence-corrected chi connectivity index (χ0v) is 11.8. The maximum absolute atomic E-state index is 9.73. The minimum absolute atomic E-state index is 0.301. The SMILES string of the molecule is Cc1ccc(NCc2cn[nH]c2-c2ccccc2)cc1O. The molecular formula is C17H17N3O. The van der Waals surface area contributed by atoms with Gasteiger partial charge in [-0.2, -0.15) is 5.10 Å². The first-order valence-corrected chi connectivity index (χ1v) is 6.85. The second kappa shape index (κ2) is 5.71. The lowest BCUT2D eigenvalue weighted by atomic mass is 10.1. The summed E-state index contributed by atoms with van der Waals surface area (Å²) < 4.78 is 0.